The van der Waals surface area contributed by atoms with Gasteiger partial charge in [-0.05, 0) is 12.8 Å². The van der Waals surface area contributed by atoms with Crippen LogP contribution in [0.3, 0.4) is 0 Å². The quantitative estimate of drug-likeness (QED) is 0.610. The van der Waals surface area contributed by atoms with Crippen molar-refractivity contribution in [2.75, 3.05) is 19.6 Å². The Morgan fingerprint density at radius 3 is 2.35 bits per heavy atom. The topological polar surface area (TPSA) is 89.9 Å². The summed E-state index contributed by atoms with van der Waals surface area (Å²) in [5.74, 6) is -0.944. The fourth-order valence-electron chi connectivity index (χ4n) is 1.24. The molecule has 100 valence electrons. The average molecular weight is 246 g/mol. The van der Waals surface area contributed by atoms with E-state index in [0.717, 1.165) is 6.42 Å². The van der Waals surface area contributed by atoms with Crippen molar-refractivity contribution in [1.82, 2.24) is 10.2 Å². The van der Waals surface area contributed by atoms with Gasteiger partial charge >= 0.3 is 12.0 Å². The van der Waals surface area contributed by atoms with Crippen LogP contribution in [0.2, 0.25) is 0 Å². The summed E-state index contributed by atoms with van der Waals surface area (Å²) < 4.78 is 0. The summed E-state index contributed by atoms with van der Waals surface area (Å²) >= 11 is 0. The first-order valence-electron chi connectivity index (χ1n) is 5.85. The zero-order valence-corrected chi connectivity index (χ0v) is 10.6. The van der Waals surface area contributed by atoms with E-state index in [1.165, 1.54) is 0 Å². The van der Waals surface area contributed by atoms with Crippen molar-refractivity contribution in [3.63, 3.8) is 0 Å². The summed E-state index contributed by atoms with van der Waals surface area (Å²) in [5, 5.41) is 19.9. The molecule has 0 aromatic heterocycles. The molecule has 3 N–H and O–H groups in total. The molecule has 0 aliphatic carbocycles. The number of rotatable bonds is 7. The first-order chi connectivity index (χ1) is 7.92. The van der Waals surface area contributed by atoms with Gasteiger partial charge in [0.2, 0.25) is 0 Å². The van der Waals surface area contributed by atoms with E-state index in [9.17, 15) is 9.59 Å². The molecule has 6 heteroatoms. The Morgan fingerprint density at radius 1 is 1.35 bits per heavy atom. The Hall–Kier alpha value is -1.30. The third kappa shape index (κ3) is 6.11. The monoisotopic (exact) mass is 246 g/mol. The number of carboxylic acid groups (broad SMARTS) is 1. The zero-order chi connectivity index (χ0) is 13.4. The van der Waals surface area contributed by atoms with Crippen LogP contribution in [0.5, 0.6) is 0 Å². The van der Waals surface area contributed by atoms with Gasteiger partial charge in [-0.1, -0.05) is 20.3 Å². The second kappa shape index (κ2) is 7.89. The molecule has 0 saturated heterocycles. The molecule has 2 amide bonds. The van der Waals surface area contributed by atoms with E-state index in [0.29, 0.717) is 19.0 Å². The Labute approximate surface area is 102 Å². The number of carbonyl (C=O) groups excluding carboxylic acids is 1. The van der Waals surface area contributed by atoms with Gasteiger partial charge in [-0.25, -0.2) is 9.59 Å². The summed E-state index contributed by atoms with van der Waals surface area (Å²) in [6.45, 7) is 6.86. The highest BCUT2D eigenvalue weighted by Gasteiger charge is 2.17. The van der Waals surface area contributed by atoms with Gasteiger partial charge in [0.25, 0.3) is 0 Å². The molecule has 0 aromatic carbocycles. The lowest BCUT2D eigenvalue weighted by molar-refractivity contribution is -0.146. The molecule has 17 heavy (non-hydrogen) atoms. The van der Waals surface area contributed by atoms with Crippen molar-refractivity contribution in [1.29, 1.82) is 0 Å². The van der Waals surface area contributed by atoms with Crippen LogP contribution in [0.1, 0.15) is 27.2 Å². The molecule has 0 heterocycles. The normalized spacial score (nSPS) is 13.9. The lowest BCUT2D eigenvalue weighted by atomic mass is 10.1. The molecule has 2 atom stereocenters. The number of carboxylic acids is 1. The molecule has 2 unspecified atom stereocenters. The van der Waals surface area contributed by atoms with Gasteiger partial charge < -0.3 is 20.4 Å². The van der Waals surface area contributed by atoms with Crippen LogP contribution in [-0.4, -0.2) is 52.9 Å². The van der Waals surface area contributed by atoms with Crippen LogP contribution in [0.15, 0.2) is 0 Å². The van der Waals surface area contributed by atoms with Crippen LogP contribution in [0.25, 0.3) is 0 Å². The van der Waals surface area contributed by atoms with Gasteiger partial charge in [-0.2, -0.15) is 0 Å². The maximum absolute atomic E-state index is 11.7. The lowest BCUT2D eigenvalue weighted by Gasteiger charge is -2.24. The van der Waals surface area contributed by atoms with E-state index in [1.807, 2.05) is 20.8 Å². The number of nitrogens with zero attached hydrogens (tertiary/aromatic N) is 1. The Kier molecular flexibility index (Phi) is 7.29. The fourth-order valence-corrected chi connectivity index (χ4v) is 1.24. The van der Waals surface area contributed by atoms with Crippen molar-refractivity contribution in [2.24, 2.45) is 5.92 Å². The number of nitrogens with one attached hydrogen (secondary N) is 1. The van der Waals surface area contributed by atoms with Crippen LogP contribution in [0, 0.1) is 5.92 Å². The molecule has 0 aliphatic heterocycles. The summed E-state index contributed by atoms with van der Waals surface area (Å²) in [4.78, 5) is 23.6. The minimum absolute atomic E-state index is 0.273. The van der Waals surface area contributed by atoms with Gasteiger partial charge in [-0.3, -0.25) is 0 Å². The van der Waals surface area contributed by atoms with E-state index >= 15 is 0 Å². The summed E-state index contributed by atoms with van der Waals surface area (Å²) in [7, 11) is 0. The van der Waals surface area contributed by atoms with Crippen LogP contribution >= 0.6 is 0 Å². The number of urea groups is 1. The van der Waals surface area contributed by atoms with Crippen LogP contribution < -0.4 is 5.32 Å². The summed E-state index contributed by atoms with van der Waals surface area (Å²) in [6, 6.07) is -0.340. The zero-order valence-electron chi connectivity index (χ0n) is 10.6. The maximum Gasteiger partial charge on any atom is 0.334 e. The number of aliphatic carboxylic acids is 1. The van der Waals surface area contributed by atoms with E-state index in [1.54, 1.807) is 4.90 Å². The van der Waals surface area contributed by atoms with Gasteiger partial charge in [-0.15, -0.1) is 0 Å². The highest BCUT2D eigenvalue weighted by atomic mass is 16.4. The van der Waals surface area contributed by atoms with Gasteiger partial charge in [0.15, 0.2) is 6.10 Å². The molecular formula is C11H22N2O4. The molecule has 0 rings (SSSR count). The summed E-state index contributed by atoms with van der Waals surface area (Å²) in [5.41, 5.74) is 0. The smallest absolute Gasteiger partial charge is 0.334 e. The maximum atomic E-state index is 11.7. The number of amides is 2. The number of aliphatic hydroxyl groups is 1. The molecule has 0 bridgehead atoms. The molecule has 0 aromatic rings. The second-order valence-electron chi connectivity index (χ2n) is 4.09. The van der Waals surface area contributed by atoms with Crippen molar-refractivity contribution in [3.8, 4) is 0 Å². The Bertz CT molecular complexity index is 258. The highest BCUT2D eigenvalue weighted by Crippen LogP contribution is 2.04. The Morgan fingerprint density at radius 2 is 1.94 bits per heavy atom. The van der Waals surface area contributed by atoms with E-state index in [4.69, 9.17) is 10.2 Å². The van der Waals surface area contributed by atoms with Crippen molar-refractivity contribution < 1.29 is 19.8 Å². The van der Waals surface area contributed by atoms with Crippen molar-refractivity contribution >= 4 is 12.0 Å². The third-order valence-electron chi connectivity index (χ3n) is 2.63. The number of carbonyl (C=O) groups is 2. The van der Waals surface area contributed by atoms with E-state index < -0.39 is 12.1 Å². The minimum Gasteiger partial charge on any atom is -0.479 e. The Balaban J connectivity index is 4.12. The fraction of sp³-hybridized carbons (Fsp3) is 0.818. The second-order valence-corrected chi connectivity index (χ2v) is 4.09. The number of aliphatic hydroxyl groups excluding tert-OH is 1. The minimum atomic E-state index is -1.55. The molecule has 6 nitrogen and oxygen atoms in total. The highest BCUT2D eigenvalue weighted by molar-refractivity contribution is 5.76. The first-order valence-corrected chi connectivity index (χ1v) is 5.85. The van der Waals surface area contributed by atoms with Crippen molar-refractivity contribution in [3.05, 3.63) is 0 Å². The number of hydrogen-bond acceptors (Lipinski definition) is 3. The van der Waals surface area contributed by atoms with Gasteiger partial charge in [0, 0.05) is 13.1 Å². The molecular weight excluding hydrogens is 224 g/mol. The standard InChI is InChI=1S/C11H22N2O4/c1-4-8(3)7-13(5-2)11(17)12-6-9(14)10(15)16/h8-9,14H,4-7H2,1-3H3,(H,12,17)(H,15,16). The largest absolute Gasteiger partial charge is 0.479 e. The van der Waals surface area contributed by atoms with Crippen LogP contribution in [-0.2, 0) is 4.79 Å². The van der Waals surface area contributed by atoms with Gasteiger partial charge in [0.05, 0.1) is 6.54 Å². The van der Waals surface area contributed by atoms with E-state index in [2.05, 4.69) is 5.32 Å². The molecule has 0 radical (unpaired) electrons. The predicted molar refractivity (Wildman–Crippen MR) is 63.7 cm³/mol. The molecule has 0 aliphatic rings. The van der Waals surface area contributed by atoms with E-state index in [-0.39, 0.29) is 12.6 Å². The van der Waals surface area contributed by atoms with Crippen molar-refractivity contribution in [2.45, 2.75) is 33.3 Å². The molecule has 0 fully saturated rings. The van der Waals surface area contributed by atoms with Crippen LogP contribution in [0.4, 0.5) is 4.79 Å². The summed E-state index contributed by atoms with van der Waals surface area (Å²) in [6.07, 6.45) is -0.581. The third-order valence-corrected chi connectivity index (χ3v) is 2.63. The molecule has 0 saturated carbocycles. The number of hydrogen-bond donors (Lipinski definition) is 3. The lowest BCUT2D eigenvalue weighted by Crippen LogP contribution is -2.45. The predicted octanol–water partition coefficient (Wildman–Crippen LogP) is 0.509. The SMILES string of the molecule is CCC(C)CN(CC)C(=O)NCC(O)C(=O)O. The molecule has 0 spiro atoms. The first kappa shape index (κ1) is 15.7. The van der Waals surface area contributed by atoms with Gasteiger partial charge in [0.1, 0.15) is 0 Å². The average Bonchev–Trinajstić information content (AvgIpc) is 2.31.